The molecule has 3 aromatic rings. The number of rotatable bonds is 7. The fourth-order valence-electron chi connectivity index (χ4n) is 3.09. The lowest BCUT2D eigenvalue weighted by Crippen LogP contribution is -2.23. The number of hydrogen-bond donors (Lipinski definition) is 2. The summed E-state index contributed by atoms with van der Waals surface area (Å²) in [6.07, 6.45) is 1.19. The minimum atomic E-state index is -1.22. The van der Waals surface area contributed by atoms with Crippen LogP contribution in [0.4, 0.5) is 14.5 Å². The van der Waals surface area contributed by atoms with E-state index in [1.807, 2.05) is 6.07 Å². The van der Waals surface area contributed by atoms with Gasteiger partial charge < -0.3 is 19.7 Å². The molecule has 6 nitrogen and oxygen atoms in total. The number of aliphatic hydroxyl groups is 1. The van der Waals surface area contributed by atoms with Gasteiger partial charge in [-0.3, -0.25) is 4.79 Å². The highest BCUT2D eigenvalue weighted by molar-refractivity contribution is 5.98. The number of nitrogens with zero attached hydrogens (tertiary/aromatic N) is 1. The summed E-state index contributed by atoms with van der Waals surface area (Å²) in [7, 11) is 0. The van der Waals surface area contributed by atoms with E-state index in [0.717, 1.165) is 11.6 Å². The van der Waals surface area contributed by atoms with Crippen LogP contribution in [-0.4, -0.2) is 28.9 Å². The first-order valence-electron chi connectivity index (χ1n) is 9.08. The molecule has 0 radical (unpaired) electrons. The number of fused-ring (bicyclic) bond motifs is 1. The number of carbonyl (C=O) groups excluding carboxylic acids is 1. The van der Waals surface area contributed by atoms with Crippen LogP contribution in [0, 0.1) is 11.6 Å². The molecule has 152 valence electrons. The van der Waals surface area contributed by atoms with Crippen LogP contribution < -0.4 is 10.7 Å². The number of halogens is 2. The largest absolute Gasteiger partial charge is 0.462 e. The zero-order valence-electron chi connectivity index (χ0n) is 15.7. The molecule has 1 heterocycles. The van der Waals surface area contributed by atoms with Crippen LogP contribution in [-0.2, 0) is 17.8 Å². The number of carbonyl (C=O) groups is 1. The van der Waals surface area contributed by atoms with E-state index >= 15 is 0 Å². The number of pyridine rings is 1. The summed E-state index contributed by atoms with van der Waals surface area (Å²) in [5.41, 5.74) is -0.580. The molecule has 2 aromatic carbocycles. The molecular weight excluding hydrogens is 382 g/mol. The maximum atomic E-state index is 14.7. The monoisotopic (exact) mass is 402 g/mol. The van der Waals surface area contributed by atoms with Gasteiger partial charge in [-0.25, -0.2) is 13.6 Å². The molecule has 29 heavy (non-hydrogen) atoms. The van der Waals surface area contributed by atoms with E-state index in [-0.39, 0.29) is 48.5 Å². The lowest BCUT2D eigenvalue weighted by atomic mass is 10.1. The van der Waals surface area contributed by atoms with Crippen LogP contribution in [0.2, 0.25) is 0 Å². The van der Waals surface area contributed by atoms with Gasteiger partial charge in [0.25, 0.3) is 0 Å². The maximum absolute atomic E-state index is 14.7. The average Bonchev–Trinajstić information content (AvgIpc) is 2.71. The number of esters is 1. The van der Waals surface area contributed by atoms with Crippen molar-refractivity contribution in [1.82, 2.24) is 4.57 Å². The van der Waals surface area contributed by atoms with Crippen molar-refractivity contribution in [2.75, 3.05) is 18.5 Å². The van der Waals surface area contributed by atoms with E-state index in [2.05, 4.69) is 5.32 Å². The van der Waals surface area contributed by atoms with Gasteiger partial charge in [0.1, 0.15) is 5.56 Å². The van der Waals surface area contributed by atoms with Crippen LogP contribution in [0.15, 0.2) is 47.4 Å². The van der Waals surface area contributed by atoms with Gasteiger partial charge in [0, 0.05) is 25.4 Å². The highest BCUT2D eigenvalue weighted by Gasteiger charge is 2.23. The fraction of sp³-hybridized carbons (Fsp3) is 0.238. The standard InChI is InChI=1S/C21H20F2N2O4/c1-2-29-21(28)14-12-25(8-9-26)16-10-15(22)18(23)19(17(16)20(14)27)24-11-13-6-4-3-5-7-13/h3-7,10,12,24,26H,2,8-9,11H2,1H3. The van der Waals surface area contributed by atoms with Gasteiger partial charge in [-0.15, -0.1) is 0 Å². The Morgan fingerprint density at radius 1 is 1.24 bits per heavy atom. The minimum absolute atomic E-state index is 0.0214. The van der Waals surface area contributed by atoms with Gasteiger partial charge in [-0.2, -0.15) is 0 Å². The van der Waals surface area contributed by atoms with Gasteiger partial charge >= 0.3 is 5.97 Å². The van der Waals surface area contributed by atoms with Crippen molar-refractivity contribution in [1.29, 1.82) is 0 Å². The highest BCUT2D eigenvalue weighted by atomic mass is 19.2. The summed E-state index contributed by atoms with van der Waals surface area (Å²) in [6, 6.07) is 9.88. The Kier molecular flexibility index (Phi) is 6.23. The lowest BCUT2D eigenvalue weighted by molar-refractivity contribution is 0.0524. The number of anilines is 1. The molecule has 8 heteroatoms. The Hall–Kier alpha value is -3.26. The first kappa shape index (κ1) is 20.5. The predicted octanol–water partition coefficient (Wildman–Crippen LogP) is 3.06. The fourth-order valence-corrected chi connectivity index (χ4v) is 3.09. The molecule has 0 aliphatic heterocycles. The molecule has 0 saturated carbocycles. The maximum Gasteiger partial charge on any atom is 0.343 e. The zero-order chi connectivity index (χ0) is 21.0. The van der Waals surface area contributed by atoms with E-state index in [1.54, 1.807) is 31.2 Å². The van der Waals surface area contributed by atoms with Crippen molar-refractivity contribution in [3.63, 3.8) is 0 Å². The summed E-state index contributed by atoms with van der Waals surface area (Å²) < 4.78 is 35.2. The number of benzene rings is 2. The molecule has 1 aromatic heterocycles. The van der Waals surface area contributed by atoms with Gasteiger partial charge in [0.15, 0.2) is 11.6 Å². The van der Waals surface area contributed by atoms with Crippen molar-refractivity contribution in [3.05, 3.63) is 75.6 Å². The molecule has 3 rings (SSSR count). The summed E-state index contributed by atoms with van der Waals surface area (Å²) in [6.45, 7) is 1.43. The molecule has 2 N–H and O–H groups in total. The van der Waals surface area contributed by atoms with Crippen molar-refractivity contribution < 1.29 is 23.4 Å². The molecule has 0 bridgehead atoms. The second-order valence-corrected chi connectivity index (χ2v) is 6.29. The third kappa shape index (κ3) is 4.12. The van der Waals surface area contributed by atoms with E-state index in [1.165, 1.54) is 10.8 Å². The topological polar surface area (TPSA) is 80.6 Å². The number of hydrogen-bond acceptors (Lipinski definition) is 5. The molecule has 0 amide bonds. The second-order valence-electron chi connectivity index (χ2n) is 6.29. The van der Waals surface area contributed by atoms with Crippen LogP contribution in [0.25, 0.3) is 10.9 Å². The smallest absolute Gasteiger partial charge is 0.343 e. The highest BCUT2D eigenvalue weighted by Crippen LogP contribution is 2.28. The molecule has 0 unspecified atom stereocenters. The Balaban J connectivity index is 2.23. The van der Waals surface area contributed by atoms with Crippen LogP contribution in [0.3, 0.4) is 0 Å². The van der Waals surface area contributed by atoms with Gasteiger partial charge in [-0.05, 0) is 12.5 Å². The van der Waals surface area contributed by atoms with Crippen LogP contribution in [0.5, 0.6) is 0 Å². The number of aromatic nitrogens is 1. The molecule has 0 fully saturated rings. The molecule has 0 saturated heterocycles. The van der Waals surface area contributed by atoms with Crippen molar-refractivity contribution in [3.8, 4) is 0 Å². The summed E-state index contributed by atoms with van der Waals surface area (Å²) >= 11 is 0. The Bertz CT molecular complexity index is 1100. The van der Waals surface area contributed by atoms with E-state index in [9.17, 15) is 23.5 Å². The first-order valence-corrected chi connectivity index (χ1v) is 9.08. The Labute approximate surface area is 165 Å². The lowest BCUT2D eigenvalue weighted by Gasteiger charge is -2.16. The van der Waals surface area contributed by atoms with Crippen LogP contribution >= 0.6 is 0 Å². The van der Waals surface area contributed by atoms with Crippen molar-refractivity contribution in [2.24, 2.45) is 0 Å². The number of ether oxygens (including phenoxy) is 1. The quantitative estimate of drug-likeness (QED) is 0.594. The molecule has 0 aliphatic rings. The SMILES string of the molecule is CCOC(=O)c1cn(CCO)c2cc(F)c(F)c(NCc3ccccc3)c2c1=O. The molecule has 0 spiro atoms. The molecule has 0 aliphatic carbocycles. The van der Waals surface area contributed by atoms with Gasteiger partial charge in [0.05, 0.1) is 29.8 Å². The van der Waals surface area contributed by atoms with E-state index in [4.69, 9.17) is 4.74 Å². The third-order valence-corrected chi connectivity index (χ3v) is 4.41. The molecular formula is C21H20F2N2O4. The second kappa shape index (κ2) is 8.83. The van der Waals surface area contributed by atoms with Crippen molar-refractivity contribution in [2.45, 2.75) is 20.0 Å². The minimum Gasteiger partial charge on any atom is -0.462 e. The zero-order valence-corrected chi connectivity index (χ0v) is 15.7. The summed E-state index contributed by atoms with van der Waals surface area (Å²) in [5, 5.41) is 11.9. The average molecular weight is 402 g/mol. The summed E-state index contributed by atoms with van der Waals surface area (Å²) in [4.78, 5) is 25.2. The Morgan fingerprint density at radius 3 is 2.62 bits per heavy atom. The van der Waals surface area contributed by atoms with E-state index in [0.29, 0.717) is 0 Å². The van der Waals surface area contributed by atoms with Gasteiger partial charge in [-0.1, -0.05) is 30.3 Å². The summed E-state index contributed by atoms with van der Waals surface area (Å²) in [5.74, 6) is -3.24. The Morgan fingerprint density at radius 2 is 1.97 bits per heavy atom. The first-order chi connectivity index (χ1) is 14.0. The molecule has 0 atom stereocenters. The normalized spacial score (nSPS) is 10.9. The van der Waals surface area contributed by atoms with Crippen molar-refractivity contribution >= 4 is 22.6 Å². The van der Waals surface area contributed by atoms with Crippen LogP contribution in [0.1, 0.15) is 22.8 Å². The number of aliphatic hydroxyl groups excluding tert-OH is 1. The van der Waals surface area contributed by atoms with Gasteiger partial charge in [0.2, 0.25) is 5.43 Å². The van der Waals surface area contributed by atoms with E-state index < -0.39 is 23.0 Å². The number of nitrogens with one attached hydrogen (secondary N) is 1. The predicted molar refractivity (Wildman–Crippen MR) is 105 cm³/mol. The third-order valence-electron chi connectivity index (χ3n) is 4.41.